The van der Waals surface area contributed by atoms with Crippen molar-refractivity contribution in [3.63, 3.8) is 0 Å². The Morgan fingerprint density at radius 3 is 2.07 bits per heavy atom. The molecule has 0 saturated carbocycles. The average molecular weight is 392 g/mol. The third kappa shape index (κ3) is 6.72. The molecule has 1 aliphatic heterocycles. The van der Waals surface area contributed by atoms with Crippen molar-refractivity contribution in [1.82, 2.24) is 4.90 Å². The summed E-state index contributed by atoms with van der Waals surface area (Å²) in [4.78, 5) is 2.43. The van der Waals surface area contributed by atoms with Gasteiger partial charge in [-0.15, -0.1) is 5.92 Å². The highest BCUT2D eigenvalue weighted by molar-refractivity contribution is 5.20. The van der Waals surface area contributed by atoms with E-state index < -0.39 is 5.79 Å². The average Bonchev–Trinajstić information content (AvgIpc) is 3.08. The van der Waals surface area contributed by atoms with Crippen molar-refractivity contribution in [1.29, 1.82) is 0 Å². The van der Waals surface area contributed by atoms with Crippen molar-refractivity contribution in [2.75, 3.05) is 6.61 Å². The van der Waals surface area contributed by atoms with Gasteiger partial charge < -0.3 is 9.47 Å². The lowest BCUT2D eigenvalue weighted by molar-refractivity contribution is -0.144. The Hall–Kier alpha value is -2.12. The molecule has 0 spiro atoms. The molecule has 0 amide bonds. The molecule has 2 unspecified atom stereocenters. The fourth-order valence-corrected chi connectivity index (χ4v) is 3.62. The third-order valence-electron chi connectivity index (χ3n) is 5.14. The van der Waals surface area contributed by atoms with Crippen molar-refractivity contribution < 1.29 is 9.47 Å². The zero-order chi connectivity index (χ0) is 20.5. The molecule has 154 valence electrons. The zero-order valence-corrected chi connectivity index (χ0v) is 17.9. The van der Waals surface area contributed by atoms with E-state index in [9.17, 15) is 0 Å². The Labute approximate surface area is 176 Å². The number of benzene rings is 2. The number of unbranched alkanes of at least 4 members (excludes halogenated alkanes) is 2. The number of ether oxygens (including phenoxy) is 2. The predicted molar refractivity (Wildman–Crippen MR) is 118 cm³/mol. The molecule has 1 saturated heterocycles. The van der Waals surface area contributed by atoms with Gasteiger partial charge in [-0.1, -0.05) is 79.9 Å². The molecule has 1 aliphatic rings. The largest absolute Gasteiger partial charge is 0.348 e. The van der Waals surface area contributed by atoms with E-state index in [0.29, 0.717) is 6.61 Å². The molecular weight excluding hydrogens is 358 g/mol. The van der Waals surface area contributed by atoms with Gasteiger partial charge in [-0.05, 0) is 31.4 Å². The van der Waals surface area contributed by atoms with Crippen LogP contribution in [0.5, 0.6) is 0 Å². The van der Waals surface area contributed by atoms with Crippen LogP contribution in [-0.2, 0) is 22.6 Å². The van der Waals surface area contributed by atoms with Crippen LogP contribution in [0.25, 0.3) is 0 Å². The quantitative estimate of drug-likeness (QED) is 0.444. The van der Waals surface area contributed by atoms with Crippen molar-refractivity contribution in [2.24, 2.45) is 0 Å². The summed E-state index contributed by atoms with van der Waals surface area (Å²) in [6.45, 7) is 8.37. The van der Waals surface area contributed by atoms with Gasteiger partial charge in [0.05, 0.1) is 6.61 Å². The molecular formula is C26H33NO2. The van der Waals surface area contributed by atoms with Crippen LogP contribution < -0.4 is 0 Å². The van der Waals surface area contributed by atoms with E-state index in [2.05, 4.69) is 84.3 Å². The van der Waals surface area contributed by atoms with Crippen molar-refractivity contribution >= 4 is 0 Å². The fourth-order valence-electron chi connectivity index (χ4n) is 3.62. The Balaban J connectivity index is 1.87. The monoisotopic (exact) mass is 391 g/mol. The van der Waals surface area contributed by atoms with Crippen LogP contribution in [0, 0.1) is 11.8 Å². The molecule has 0 bridgehead atoms. The Morgan fingerprint density at radius 1 is 1.00 bits per heavy atom. The molecule has 0 aromatic heterocycles. The molecule has 1 fully saturated rings. The summed E-state index contributed by atoms with van der Waals surface area (Å²) < 4.78 is 12.2. The van der Waals surface area contributed by atoms with Gasteiger partial charge in [0.15, 0.2) is 5.79 Å². The van der Waals surface area contributed by atoms with Gasteiger partial charge in [0.2, 0.25) is 0 Å². The molecule has 2 aromatic carbocycles. The van der Waals surface area contributed by atoms with Gasteiger partial charge in [0, 0.05) is 19.5 Å². The van der Waals surface area contributed by atoms with Crippen LogP contribution in [0.1, 0.15) is 51.2 Å². The number of hydrogen-bond donors (Lipinski definition) is 0. The van der Waals surface area contributed by atoms with E-state index in [4.69, 9.17) is 9.47 Å². The summed E-state index contributed by atoms with van der Waals surface area (Å²) in [5, 5.41) is 0. The highest BCUT2D eigenvalue weighted by atomic mass is 16.7. The highest BCUT2D eigenvalue weighted by Gasteiger charge is 2.39. The first-order chi connectivity index (χ1) is 14.1. The maximum atomic E-state index is 6.26. The minimum atomic E-state index is -0.556. The number of hydrogen-bond acceptors (Lipinski definition) is 3. The predicted octanol–water partition coefficient (Wildman–Crippen LogP) is 5.40. The summed E-state index contributed by atoms with van der Waals surface area (Å²) in [5.74, 6) is 6.40. The molecule has 3 heteroatoms. The van der Waals surface area contributed by atoms with E-state index in [1.807, 2.05) is 13.8 Å². The molecule has 29 heavy (non-hydrogen) atoms. The molecule has 0 N–H and O–H groups in total. The minimum Gasteiger partial charge on any atom is -0.348 e. The first-order valence-corrected chi connectivity index (χ1v) is 10.7. The van der Waals surface area contributed by atoms with Gasteiger partial charge in [0.1, 0.15) is 12.1 Å². The SMILES string of the molecule is CCCCC#CC(C1COC(C)(C)O1)N(Cc1ccccc1)Cc1ccccc1. The lowest BCUT2D eigenvalue weighted by Crippen LogP contribution is -2.44. The molecule has 2 atom stereocenters. The number of nitrogens with zero attached hydrogens (tertiary/aromatic N) is 1. The van der Waals surface area contributed by atoms with Crippen LogP contribution in [0.3, 0.4) is 0 Å². The van der Waals surface area contributed by atoms with Gasteiger partial charge >= 0.3 is 0 Å². The van der Waals surface area contributed by atoms with Crippen LogP contribution in [0.2, 0.25) is 0 Å². The maximum absolute atomic E-state index is 6.26. The molecule has 0 radical (unpaired) electrons. The summed E-state index contributed by atoms with van der Waals surface area (Å²) in [6, 6.07) is 21.2. The van der Waals surface area contributed by atoms with E-state index in [-0.39, 0.29) is 12.1 Å². The maximum Gasteiger partial charge on any atom is 0.163 e. The summed E-state index contributed by atoms with van der Waals surface area (Å²) in [7, 11) is 0. The minimum absolute atomic E-state index is 0.0194. The van der Waals surface area contributed by atoms with Gasteiger partial charge in [-0.3, -0.25) is 4.90 Å². The van der Waals surface area contributed by atoms with Gasteiger partial charge in [-0.25, -0.2) is 0 Å². The lowest BCUT2D eigenvalue weighted by Gasteiger charge is -2.32. The second kappa shape index (κ2) is 10.6. The molecule has 2 aromatic rings. The van der Waals surface area contributed by atoms with Crippen LogP contribution in [0.4, 0.5) is 0 Å². The number of rotatable bonds is 8. The van der Waals surface area contributed by atoms with E-state index in [0.717, 1.165) is 32.4 Å². The standard InChI is InChI=1S/C26H33NO2/c1-4-5-6-13-18-24(25-21-28-26(2,3)29-25)27(19-22-14-9-7-10-15-22)20-23-16-11-8-12-17-23/h7-12,14-17,24-25H,4-6,19-21H2,1-3H3. The topological polar surface area (TPSA) is 21.7 Å². The van der Waals surface area contributed by atoms with Crippen LogP contribution >= 0.6 is 0 Å². The lowest BCUT2D eigenvalue weighted by atomic mass is 10.1. The second-order valence-electron chi connectivity index (χ2n) is 8.11. The Morgan fingerprint density at radius 2 is 1.59 bits per heavy atom. The van der Waals surface area contributed by atoms with Crippen molar-refractivity contribution in [3.05, 3.63) is 71.8 Å². The second-order valence-corrected chi connectivity index (χ2v) is 8.11. The summed E-state index contributed by atoms with van der Waals surface area (Å²) in [6.07, 6.45) is 3.15. The van der Waals surface area contributed by atoms with Gasteiger partial charge in [-0.2, -0.15) is 0 Å². The van der Waals surface area contributed by atoms with Crippen LogP contribution in [0.15, 0.2) is 60.7 Å². The summed E-state index contributed by atoms with van der Waals surface area (Å²) >= 11 is 0. The van der Waals surface area contributed by atoms with Crippen LogP contribution in [-0.4, -0.2) is 29.4 Å². The summed E-state index contributed by atoms with van der Waals surface area (Å²) in [5.41, 5.74) is 2.56. The third-order valence-corrected chi connectivity index (χ3v) is 5.14. The smallest absolute Gasteiger partial charge is 0.163 e. The molecule has 3 rings (SSSR count). The molecule has 1 heterocycles. The first kappa shape index (κ1) is 21.6. The zero-order valence-electron chi connectivity index (χ0n) is 17.9. The molecule has 3 nitrogen and oxygen atoms in total. The normalized spacial score (nSPS) is 19.0. The van der Waals surface area contributed by atoms with E-state index in [1.165, 1.54) is 11.1 Å². The Kier molecular flexibility index (Phi) is 7.89. The van der Waals surface area contributed by atoms with Crippen molar-refractivity contribution in [2.45, 2.75) is 71.1 Å². The van der Waals surface area contributed by atoms with Crippen molar-refractivity contribution in [3.8, 4) is 11.8 Å². The van der Waals surface area contributed by atoms with E-state index >= 15 is 0 Å². The van der Waals surface area contributed by atoms with E-state index in [1.54, 1.807) is 0 Å². The fraction of sp³-hybridized carbons (Fsp3) is 0.462. The molecule has 0 aliphatic carbocycles. The van der Waals surface area contributed by atoms with Gasteiger partial charge in [0.25, 0.3) is 0 Å². The Bertz CT molecular complexity index is 750. The first-order valence-electron chi connectivity index (χ1n) is 10.7. The highest BCUT2D eigenvalue weighted by Crippen LogP contribution is 2.27.